The fraction of sp³-hybridized carbons (Fsp3) is 0.286. The van der Waals surface area contributed by atoms with Crippen molar-refractivity contribution in [1.29, 1.82) is 0 Å². The van der Waals surface area contributed by atoms with Crippen molar-refractivity contribution >= 4 is 29.1 Å². The molecule has 6 nitrogen and oxygen atoms in total. The monoisotopic (exact) mass is 399 g/mol. The van der Waals surface area contributed by atoms with E-state index in [2.05, 4.69) is 4.98 Å². The molecule has 28 heavy (non-hydrogen) atoms. The minimum atomic E-state index is -0.737. The highest BCUT2D eigenvalue weighted by atomic mass is 35.5. The van der Waals surface area contributed by atoms with Crippen LogP contribution in [0.25, 0.3) is 5.76 Å². The van der Waals surface area contributed by atoms with Gasteiger partial charge >= 0.3 is 0 Å². The van der Waals surface area contributed by atoms with Crippen molar-refractivity contribution in [2.75, 3.05) is 27.2 Å². The van der Waals surface area contributed by atoms with Gasteiger partial charge in [-0.2, -0.15) is 0 Å². The van der Waals surface area contributed by atoms with Crippen molar-refractivity contribution in [3.8, 4) is 0 Å². The standard InChI is InChI=1S/C21H22ClN3O3/c1-24(2)12-3-13-25-18(14-4-6-16(22)7-5-14)17(20(27)21(25)28)19(26)15-8-10-23-11-9-15/h4-11,18,26H,3,12-13H2,1-2H3/b19-17+. The summed E-state index contributed by atoms with van der Waals surface area (Å²) in [5.74, 6) is -1.81. The van der Waals surface area contributed by atoms with Gasteiger partial charge in [0.1, 0.15) is 0 Å². The molecule has 146 valence electrons. The van der Waals surface area contributed by atoms with E-state index in [-0.39, 0.29) is 5.57 Å². The number of carbonyl (C=O) groups is 2. The van der Waals surface area contributed by atoms with Gasteiger partial charge in [-0.3, -0.25) is 14.6 Å². The Balaban J connectivity index is 2.07. The van der Waals surface area contributed by atoms with Crippen LogP contribution in [0.3, 0.4) is 0 Å². The molecule has 1 aromatic heterocycles. The summed E-state index contributed by atoms with van der Waals surface area (Å²) < 4.78 is 0. The number of hydrogen-bond donors (Lipinski definition) is 1. The lowest BCUT2D eigenvalue weighted by Crippen LogP contribution is -3.05. The highest BCUT2D eigenvalue weighted by molar-refractivity contribution is 6.46. The quantitative estimate of drug-likeness (QED) is 0.436. The Morgan fingerprint density at radius 1 is 1.14 bits per heavy atom. The Kier molecular flexibility index (Phi) is 6.11. The average molecular weight is 400 g/mol. The Morgan fingerprint density at radius 3 is 2.39 bits per heavy atom. The van der Waals surface area contributed by atoms with Crippen LogP contribution in [0.2, 0.25) is 5.02 Å². The number of amides is 1. The van der Waals surface area contributed by atoms with Crippen molar-refractivity contribution in [1.82, 2.24) is 9.88 Å². The van der Waals surface area contributed by atoms with Gasteiger partial charge in [-0.25, -0.2) is 0 Å². The van der Waals surface area contributed by atoms with Gasteiger partial charge in [-0.15, -0.1) is 0 Å². The van der Waals surface area contributed by atoms with Crippen molar-refractivity contribution in [2.24, 2.45) is 0 Å². The van der Waals surface area contributed by atoms with Crippen LogP contribution in [0.15, 0.2) is 54.4 Å². The number of benzene rings is 1. The van der Waals surface area contributed by atoms with E-state index in [0.717, 1.165) is 13.0 Å². The van der Waals surface area contributed by atoms with Crippen molar-refractivity contribution in [2.45, 2.75) is 12.5 Å². The van der Waals surface area contributed by atoms with E-state index >= 15 is 0 Å². The maximum Gasteiger partial charge on any atom is 0.295 e. The molecule has 0 saturated carbocycles. The number of ketones is 1. The van der Waals surface area contributed by atoms with E-state index in [9.17, 15) is 14.7 Å². The number of pyridine rings is 1. The molecule has 2 heterocycles. The van der Waals surface area contributed by atoms with Gasteiger partial charge < -0.3 is 14.9 Å². The lowest BCUT2D eigenvalue weighted by molar-refractivity contribution is -0.858. The molecule has 1 aromatic carbocycles. The zero-order valence-electron chi connectivity index (χ0n) is 15.8. The number of hydrogen-bond acceptors (Lipinski definition) is 4. The van der Waals surface area contributed by atoms with Gasteiger partial charge in [-0.1, -0.05) is 29.5 Å². The minimum Gasteiger partial charge on any atom is -0.872 e. The number of nitrogens with zero attached hydrogens (tertiary/aromatic N) is 2. The first-order chi connectivity index (χ1) is 13.4. The predicted octanol–water partition coefficient (Wildman–Crippen LogP) is 0.494. The zero-order chi connectivity index (χ0) is 20.3. The molecule has 1 atom stereocenters. The first kappa shape index (κ1) is 20.0. The second-order valence-corrected chi connectivity index (χ2v) is 7.51. The summed E-state index contributed by atoms with van der Waals surface area (Å²) in [5, 5.41) is 13.6. The molecular formula is C21H22ClN3O3. The predicted molar refractivity (Wildman–Crippen MR) is 104 cm³/mol. The van der Waals surface area contributed by atoms with Crippen LogP contribution in [0.5, 0.6) is 0 Å². The molecule has 1 N–H and O–H groups in total. The second kappa shape index (κ2) is 8.54. The summed E-state index contributed by atoms with van der Waals surface area (Å²) in [4.78, 5) is 32.2. The number of rotatable bonds is 6. The molecular weight excluding hydrogens is 378 g/mol. The van der Waals surface area contributed by atoms with E-state index in [1.54, 1.807) is 36.4 Å². The molecule has 1 unspecified atom stereocenters. The zero-order valence-corrected chi connectivity index (χ0v) is 16.6. The largest absolute Gasteiger partial charge is 0.872 e. The normalized spacial score (nSPS) is 18.9. The molecule has 0 aliphatic carbocycles. The summed E-state index contributed by atoms with van der Waals surface area (Å²) in [6, 6.07) is 9.27. The van der Waals surface area contributed by atoms with Crippen LogP contribution >= 0.6 is 11.6 Å². The Morgan fingerprint density at radius 2 is 1.79 bits per heavy atom. The second-order valence-electron chi connectivity index (χ2n) is 7.07. The molecule has 1 fully saturated rings. The summed E-state index contributed by atoms with van der Waals surface area (Å²) in [5.41, 5.74) is 1.01. The van der Waals surface area contributed by atoms with Gasteiger partial charge in [0.15, 0.2) is 0 Å². The summed E-state index contributed by atoms with van der Waals surface area (Å²) in [7, 11) is 4.05. The van der Waals surface area contributed by atoms with E-state index in [1.165, 1.54) is 22.2 Å². The summed E-state index contributed by atoms with van der Waals surface area (Å²) in [6.45, 7) is 1.25. The SMILES string of the molecule is C[NH+](C)CCCN1C(=O)C(=O)/C(=C(/[O-])c2ccncc2)C1c1ccc(Cl)cc1. The smallest absolute Gasteiger partial charge is 0.295 e. The number of quaternary nitrogens is 1. The Hall–Kier alpha value is -2.70. The molecule has 3 rings (SSSR count). The van der Waals surface area contributed by atoms with Crippen LogP contribution in [-0.4, -0.2) is 48.8 Å². The molecule has 1 saturated heterocycles. The molecule has 7 heteroatoms. The van der Waals surface area contributed by atoms with Gasteiger partial charge in [0.2, 0.25) is 5.78 Å². The van der Waals surface area contributed by atoms with E-state index in [1.807, 2.05) is 14.1 Å². The van der Waals surface area contributed by atoms with Crippen molar-refractivity contribution < 1.29 is 19.6 Å². The van der Waals surface area contributed by atoms with Gasteiger partial charge in [0.25, 0.3) is 5.91 Å². The lowest BCUT2D eigenvalue weighted by Gasteiger charge is -2.27. The number of halogens is 1. The van der Waals surface area contributed by atoms with Gasteiger partial charge in [0.05, 0.1) is 26.7 Å². The van der Waals surface area contributed by atoms with Crippen LogP contribution in [0.1, 0.15) is 23.6 Å². The summed E-state index contributed by atoms with van der Waals surface area (Å²) >= 11 is 5.99. The molecule has 0 spiro atoms. The maximum atomic E-state index is 13.1. The first-order valence-corrected chi connectivity index (χ1v) is 9.49. The topological polar surface area (TPSA) is 77.8 Å². The molecule has 2 aromatic rings. The highest BCUT2D eigenvalue weighted by Crippen LogP contribution is 2.38. The highest BCUT2D eigenvalue weighted by Gasteiger charge is 2.43. The fourth-order valence-electron chi connectivity index (χ4n) is 3.35. The van der Waals surface area contributed by atoms with E-state index in [4.69, 9.17) is 11.6 Å². The Bertz CT molecular complexity index is 895. The molecule has 0 bridgehead atoms. The number of aromatic nitrogens is 1. The van der Waals surface area contributed by atoms with Crippen LogP contribution in [0.4, 0.5) is 0 Å². The number of nitrogens with one attached hydrogen (secondary N) is 1. The average Bonchev–Trinajstić information content (AvgIpc) is 2.93. The van der Waals surface area contributed by atoms with Crippen molar-refractivity contribution in [3.63, 3.8) is 0 Å². The maximum absolute atomic E-state index is 13.1. The number of likely N-dealkylation sites (tertiary alicyclic amines) is 1. The van der Waals surface area contributed by atoms with E-state index in [0.29, 0.717) is 22.7 Å². The molecule has 0 radical (unpaired) electrons. The third-order valence-corrected chi connectivity index (χ3v) is 4.99. The van der Waals surface area contributed by atoms with Crippen molar-refractivity contribution in [3.05, 3.63) is 70.5 Å². The minimum absolute atomic E-state index is 0.0178. The van der Waals surface area contributed by atoms with E-state index < -0.39 is 23.5 Å². The van der Waals surface area contributed by atoms with Crippen LogP contribution < -0.4 is 10.0 Å². The fourth-order valence-corrected chi connectivity index (χ4v) is 3.48. The lowest BCUT2D eigenvalue weighted by atomic mass is 9.95. The number of Topliss-reactive ketones (excluding diaryl/α,β-unsaturated/α-hetero) is 1. The third kappa shape index (κ3) is 4.08. The third-order valence-electron chi connectivity index (χ3n) is 4.73. The summed E-state index contributed by atoms with van der Waals surface area (Å²) in [6.07, 6.45) is 3.70. The van der Waals surface area contributed by atoms with Crippen LogP contribution in [0, 0.1) is 0 Å². The molecule has 1 aliphatic rings. The van der Waals surface area contributed by atoms with Gasteiger partial charge in [0, 0.05) is 36.0 Å². The Labute approximate surface area is 169 Å². The van der Waals surface area contributed by atoms with Gasteiger partial charge in [-0.05, 0) is 35.4 Å². The number of carbonyl (C=O) groups excluding carboxylic acids is 2. The molecule has 1 amide bonds. The first-order valence-electron chi connectivity index (χ1n) is 9.11. The van der Waals surface area contributed by atoms with Crippen LogP contribution in [-0.2, 0) is 9.59 Å². The molecule has 1 aliphatic heterocycles.